The second-order valence-electron chi connectivity index (χ2n) is 7.35. The van der Waals surface area contributed by atoms with Gasteiger partial charge in [0, 0.05) is 12.8 Å². The van der Waals surface area contributed by atoms with Gasteiger partial charge in [-0.15, -0.1) is 0 Å². The highest BCUT2D eigenvalue weighted by molar-refractivity contribution is 9.10. The molecular formula is C23H18BrClFN3O2. The van der Waals surface area contributed by atoms with Crippen molar-refractivity contribution in [3.8, 4) is 6.07 Å². The lowest BCUT2D eigenvalue weighted by atomic mass is 10.0. The van der Waals surface area contributed by atoms with Gasteiger partial charge in [-0.25, -0.2) is 4.39 Å². The molecule has 0 saturated carbocycles. The minimum atomic E-state index is -0.550. The number of rotatable bonds is 5. The van der Waals surface area contributed by atoms with E-state index in [0.717, 1.165) is 15.9 Å². The lowest BCUT2D eigenvalue weighted by Crippen LogP contribution is -2.30. The number of nitriles is 1. The molecule has 1 aliphatic rings. The average molecular weight is 503 g/mol. The third-order valence-electron chi connectivity index (χ3n) is 5.38. The highest BCUT2D eigenvalue weighted by Crippen LogP contribution is 2.45. The first-order valence-corrected chi connectivity index (χ1v) is 10.7. The number of hydrogen-bond acceptors (Lipinski definition) is 3. The van der Waals surface area contributed by atoms with Crippen LogP contribution in [0.2, 0.25) is 5.02 Å². The van der Waals surface area contributed by atoms with Crippen molar-refractivity contribution >= 4 is 39.1 Å². The fourth-order valence-electron chi connectivity index (χ4n) is 4.04. The van der Waals surface area contributed by atoms with Gasteiger partial charge in [-0.3, -0.25) is 9.69 Å². The zero-order valence-electron chi connectivity index (χ0n) is 16.8. The summed E-state index contributed by atoms with van der Waals surface area (Å²) in [6, 6.07) is 14.7. The average Bonchev–Trinajstić information content (AvgIpc) is 3.23. The Hall–Kier alpha value is -2.66. The molecule has 2 aromatic carbocycles. The molecule has 3 aromatic rings. The zero-order valence-corrected chi connectivity index (χ0v) is 19.1. The minimum absolute atomic E-state index is 0.0476. The quantitative estimate of drug-likeness (QED) is 0.438. The summed E-state index contributed by atoms with van der Waals surface area (Å²) in [4.78, 5) is 15.1. The summed E-state index contributed by atoms with van der Waals surface area (Å²) in [6.07, 6.45) is 0. The van der Waals surface area contributed by atoms with E-state index in [2.05, 4.69) is 22.0 Å². The van der Waals surface area contributed by atoms with E-state index in [1.807, 2.05) is 23.6 Å². The number of benzene rings is 2. The van der Waals surface area contributed by atoms with Crippen LogP contribution in [0.3, 0.4) is 0 Å². The second kappa shape index (κ2) is 8.46. The Morgan fingerprint density at radius 3 is 2.58 bits per heavy atom. The Labute approximate surface area is 192 Å². The number of carbonyl (C=O) groups excluding carboxylic acids is 1. The Kier molecular flexibility index (Phi) is 5.89. The normalized spacial score (nSPS) is 16.3. The van der Waals surface area contributed by atoms with Crippen molar-refractivity contribution < 1.29 is 13.9 Å². The van der Waals surface area contributed by atoms with Gasteiger partial charge in [0.15, 0.2) is 0 Å². The van der Waals surface area contributed by atoms with E-state index >= 15 is 0 Å². The summed E-state index contributed by atoms with van der Waals surface area (Å²) in [6.45, 7) is 2.46. The van der Waals surface area contributed by atoms with E-state index in [9.17, 15) is 14.4 Å². The van der Waals surface area contributed by atoms with Crippen LogP contribution in [0.15, 0.2) is 53.1 Å². The Morgan fingerprint density at radius 2 is 1.97 bits per heavy atom. The molecule has 158 valence electrons. The van der Waals surface area contributed by atoms with Crippen molar-refractivity contribution in [1.29, 1.82) is 5.26 Å². The smallest absolute Gasteiger partial charge is 0.261 e. The van der Waals surface area contributed by atoms with Crippen molar-refractivity contribution in [2.75, 3.05) is 18.6 Å². The van der Waals surface area contributed by atoms with Gasteiger partial charge in [0.05, 0.1) is 45.2 Å². The first-order chi connectivity index (χ1) is 14.9. The van der Waals surface area contributed by atoms with E-state index in [0.29, 0.717) is 23.4 Å². The number of amides is 1. The molecule has 0 radical (unpaired) electrons. The highest BCUT2D eigenvalue weighted by atomic mass is 79.9. The van der Waals surface area contributed by atoms with Crippen LogP contribution >= 0.6 is 27.5 Å². The predicted molar refractivity (Wildman–Crippen MR) is 120 cm³/mol. The molecule has 31 heavy (non-hydrogen) atoms. The summed E-state index contributed by atoms with van der Waals surface area (Å²) in [7, 11) is 1.63. The van der Waals surface area contributed by atoms with Crippen molar-refractivity contribution in [2.24, 2.45) is 0 Å². The number of aromatic nitrogens is 1. The Bertz CT molecular complexity index is 1200. The van der Waals surface area contributed by atoms with Gasteiger partial charge in [0.1, 0.15) is 11.9 Å². The number of methoxy groups -OCH3 is 1. The largest absolute Gasteiger partial charge is 0.383 e. The number of nitrogens with zero attached hydrogens (tertiary/aromatic N) is 3. The van der Waals surface area contributed by atoms with Crippen molar-refractivity contribution in [3.63, 3.8) is 0 Å². The molecule has 2 atom stereocenters. The lowest BCUT2D eigenvalue weighted by Gasteiger charge is -2.29. The molecule has 1 aliphatic heterocycles. The van der Waals surface area contributed by atoms with Crippen LogP contribution in [0.4, 0.5) is 10.1 Å². The summed E-state index contributed by atoms with van der Waals surface area (Å²) in [5.74, 6) is -0.762. The lowest BCUT2D eigenvalue weighted by molar-refractivity contribution is 0.0993. The van der Waals surface area contributed by atoms with Crippen LogP contribution < -0.4 is 4.90 Å². The van der Waals surface area contributed by atoms with Crippen LogP contribution in [0.1, 0.15) is 46.2 Å². The minimum Gasteiger partial charge on any atom is -0.383 e. The molecule has 8 heteroatoms. The highest BCUT2D eigenvalue weighted by Gasteiger charge is 2.43. The van der Waals surface area contributed by atoms with Crippen LogP contribution in [0.25, 0.3) is 0 Å². The topological polar surface area (TPSA) is 58.3 Å². The summed E-state index contributed by atoms with van der Waals surface area (Å²) in [5.41, 5.74) is 3.18. The van der Waals surface area contributed by atoms with Gasteiger partial charge in [-0.05, 0) is 64.8 Å². The maximum atomic E-state index is 13.8. The molecule has 5 nitrogen and oxygen atoms in total. The van der Waals surface area contributed by atoms with Gasteiger partial charge in [0.25, 0.3) is 5.91 Å². The summed E-state index contributed by atoms with van der Waals surface area (Å²) in [5, 5.41) is 9.11. The maximum Gasteiger partial charge on any atom is 0.261 e. The first kappa shape index (κ1) is 21.6. The van der Waals surface area contributed by atoms with Gasteiger partial charge < -0.3 is 9.30 Å². The van der Waals surface area contributed by atoms with Crippen molar-refractivity contribution in [3.05, 3.63) is 86.4 Å². The van der Waals surface area contributed by atoms with E-state index in [1.54, 1.807) is 36.3 Å². The van der Waals surface area contributed by atoms with E-state index in [1.165, 1.54) is 12.1 Å². The SMILES string of the molecule is COCC(C)n1c(Br)cc2c1C(c1ccc(C#N)cc1)N(c1ccc(F)c(Cl)c1)C2=O. The molecular weight excluding hydrogens is 485 g/mol. The van der Waals surface area contributed by atoms with E-state index in [-0.39, 0.29) is 17.0 Å². The standard InChI is InChI=1S/C23H18BrClFN3O2/c1-13(12-31-2)28-20(24)10-17-22(28)21(15-5-3-14(11-27)4-6-15)29(23(17)30)16-7-8-19(26)18(25)9-16/h3-10,13,21H,12H2,1-2H3. The first-order valence-electron chi connectivity index (χ1n) is 9.55. The molecule has 4 rings (SSSR count). The van der Waals surface area contributed by atoms with Crippen LogP contribution in [-0.4, -0.2) is 24.2 Å². The van der Waals surface area contributed by atoms with Gasteiger partial charge >= 0.3 is 0 Å². The van der Waals surface area contributed by atoms with Gasteiger partial charge in [-0.1, -0.05) is 23.7 Å². The van der Waals surface area contributed by atoms with Gasteiger partial charge in [0.2, 0.25) is 0 Å². The number of carbonyl (C=O) groups is 1. The van der Waals surface area contributed by atoms with E-state index < -0.39 is 11.9 Å². The summed E-state index contributed by atoms with van der Waals surface area (Å²) < 4.78 is 22.0. The number of anilines is 1. The van der Waals surface area contributed by atoms with Crippen molar-refractivity contribution in [2.45, 2.75) is 19.0 Å². The Morgan fingerprint density at radius 1 is 1.26 bits per heavy atom. The summed E-state index contributed by atoms with van der Waals surface area (Å²) >= 11 is 9.61. The predicted octanol–water partition coefficient (Wildman–Crippen LogP) is 5.87. The molecule has 1 amide bonds. The fourth-order valence-corrected chi connectivity index (χ4v) is 4.98. The van der Waals surface area contributed by atoms with Crippen LogP contribution in [-0.2, 0) is 4.74 Å². The van der Waals surface area contributed by atoms with Gasteiger partial charge in [-0.2, -0.15) is 5.26 Å². The third kappa shape index (κ3) is 3.65. The number of hydrogen-bond donors (Lipinski definition) is 0. The molecule has 0 spiro atoms. The molecule has 2 heterocycles. The second-order valence-corrected chi connectivity index (χ2v) is 8.57. The van der Waals surface area contributed by atoms with Crippen LogP contribution in [0.5, 0.6) is 0 Å². The number of fused-ring (bicyclic) bond motifs is 1. The molecule has 2 unspecified atom stereocenters. The monoisotopic (exact) mass is 501 g/mol. The molecule has 0 N–H and O–H groups in total. The van der Waals surface area contributed by atoms with E-state index in [4.69, 9.17) is 16.3 Å². The molecule has 0 fully saturated rings. The molecule has 1 aromatic heterocycles. The number of halogens is 3. The zero-order chi connectivity index (χ0) is 22.3. The maximum absolute atomic E-state index is 13.8. The molecule has 0 saturated heterocycles. The van der Waals surface area contributed by atoms with Crippen molar-refractivity contribution in [1.82, 2.24) is 4.57 Å². The number of ether oxygens (including phenoxy) is 1. The Balaban J connectivity index is 1.93. The molecule has 0 aliphatic carbocycles. The molecule has 0 bridgehead atoms. The fraction of sp³-hybridized carbons (Fsp3) is 0.217. The van der Waals surface area contributed by atoms with Crippen LogP contribution in [0, 0.1) is 17.1 Å². The third-order valence-corrected chi connectivity index (χ3v) is 6.28.